The number of aryl methyl sites for hydroxylation is 2. The van der Waals surface area contributed by atoms with Crippen LogP contribution in [0, 0.1) is 19.8 Å². The van der Waals surface area contributed by atoms with Crippen LogP contribution in [0.2, 0.25) is 0 Å². The van der Waals surface area contributed by atoms with Gasteiger partial charge >= 0.3 is 6.09 Å². The molecule has 0 bridgehead atoms. The monoisotopic (exact) mass is 534 g/mol. The molecular formula is C31H42N4O4. The molecular weight excluding hydrogens is 492 g/mol. The Morgan fingerprint density at radius 3 is 2.46 bits per heavy atom. The van der Waals surface area contributed by atoms with Crippen LogP contribution in [-0.4, -0.2) is 45.1 Å². The van der Waals surface area contributed by atoms with Gasteiger partial charge in [0.05, 0.1) is 5.56 Å². The molecule has 0 spiro atoms. The number of piperidine rings is 1. The zero-order valence-corrected chi connectivity index (χ0v) is 24.3. The zero-order valence-electron chi connectivity index (χ0n) is 24.3. The molecule has 8 heteroatoms. The first-order valence-electron chi connectivity index (χ1n) is 14.0. The molecule has 8 nitrogen and oxygen atoms in total. The van der Waals surface area contributed by atoms with E-state index in [1.807, 2.05) is 65.8 Å². The predicted molar refractivity (Wildman–Crippen MR) is 154 cm³/mol. The van der Waals surface area contributed by atoms with E-state index in [9.17, 15) is 14.4 Å². The lowest BCUT2D eigenvalue weighted by molar-refractivity contribution is 0.0165. The van der Waals surface area contributed by atoms with Crippen molar-refractivity contribution in [1.29, 1.82) is 0 Å². The van der Waals surface area contributed by atoms with E-state index in [4.69, 9.17) is 4.74 Å². The molecule has 1 saturated heterocycles. The number of carbonyl (C=O) groups is 2. The SMILES string of the molecule is CCc1cc(C)[nH]c(=O)c1CNC(=O)c1c(C)n(C(C)C2CCN(C(=O)OC(C)(C)C)CC2)c2ccccc12. The Morgan fingerprint density at radius 1 is 1.15 bits per heavy atom. The number of benzene rings is 1. The molecule has 1 aliphatic heterocycles. The van der Waals surface area contributed by atoms with E-state index in [2.05, 4.69) is 27.9 Å². The van der Waals surface area contributed by atoms with E-state index < -0.39 is 5.60 Å². The van der Waals surface area contributed by atoms with Gasteiger partial charge in [0.25, 0.3) is 11.5 Å². The molecule has 3 heterocycles. The highest BCUT2D eigenvalue weighted by atomic mass is 16.6. The third kappa shape index (κ3) is 6.05. The first-order valence-corrected chi connectivity index (χ1v) is 14.0. The van der Waals surface area contributed by atoms with Crippen LogP contribution in [0.3, 0.4) is 0 Å². The summed E-state index contributed by atoms with van der Waals surface area (Å²) in [6, 6.07) is 10.1. The molecule has 3 aromatic rings. The Balaban J connectivity index is 1.55. The van der Waals surface area contributed by atoms with Crippen LogP contribution in [-0.2, 0) is 17.7 Å². The maximum atomic E-state index is 13.6. The van der Waals surface area contributed by atoms with Crippen LogP contribution in [0.4, 0.5) is 4.79 Å². The number of nitrogens with zero attached hydrogens (tertiary/aromatic N) is 2. The van der Waals surface area contributed by atoms with Gasteiger partial charge in [0.2, 0.25) is 0 Å². The van der Waals surface area contributed by atoms with Gasteiger partial charge in [-0.25, -0.2) is 4.79 Å². The molecule has 210 valence electrons. The number of hydrogen-bond acceptors (Lipinski definition) is 4. The second kappa shape index (κ2) is 11.3. The number of aromatic nitrogens is 2. The average Bonchev–Trinajstić information content (AvgIpc) is 3.17. The lowest BCUT2D eigenvalue weighted by Crippen LogP contribution is -2.42. The van der Waals surface area contributed by atoms with Gasteiger partial charge in [0, 0.05) is 53.5 Å². The lowest BCUT2D eigenvalue weighted by Gasteiger charge is -2.36. The zero-order chi connectivity index (χ0) is 28.5. The van der Waals surface area contributed by atoms with Crippen molar-refractivity contribution in [3.63, 3.8) is 0 Å². The van der Waals surface area contributed by atoms with E-state index >= 15 is 0 Å². The van der Waals surface area contributed by atoms with Gasteiger partial charge in [0.1, 0.15) is 5.60 Å². The van der Waals surface area contributed by atoms with E-state index in [0.29, 0.717) is 30.1 Å². The van der Waals surface area contributed by atoms with Crippen molar-refractivity contribution in [3.05, 3.63) is 68.8 Å². The summed E-state index contributed by atoms with van der Waals surface area (Å²) in [5, 5.41) is 3.92. The average molecular weight is 535 g/mol. The summed E-state index contributed by atoms with van der Waals surface area (Å²) < 4.78 is 7.83. The highest BCUT2D eigenvalue weighted by Crippen LogP contribution is 2.36. The summed E-state index contributed by atoms with van der Waals surface area (Å²) in [7, 11) is 0. The van der Waals surface area contributed by atoms with Gasteiger partial charge in [0.15, 0.2) is 0 Å². The quantitative estimate of drug-likeness (QED) is 0.427. The fraction of sp³-hybridized carbons (Fsp3) is 0.516. The fourth-order valence-electron chi connectivity index (χ4n) is 5.86. The first-order chi connectivity index (χ1) is 18.4. The van der Waals surface area contributed by atoms with Gasteiger partial charge in [-0.15, -0.1) is 0 Å². The number of likely N-dealkylation sites (tertiary alicyclic amines) is 1. The Kier molecular flexibility index (Phi) is 8.23. The van der Waals surface area contributed by atoms with Gasteiger partial charge < -0.3 is 24.5 Å². The van der Waals surface area contributed by atoms with Gasteiger partial charge in [-0.3, -0.25) is 9.59 Å². The van der Waals surface area contributed by atoms with E-state index in [1.54, 1.807) is 4.90 Å². The maximum Gasteiger partial charge on any atom is 0.410 e. The molecule has 4 rings (SSSR count). The molecule has 0 radical (unpaired) electrons. The van der Waals surface area contributed by atoms with Crippen molar-refractivity contribution >= 4 is 22.9 Å². The Hall–Kier alpha value is -3.55. The molecule has 1 fully saturated rings. The number of carbonyl (C=O) groups excluding carboxylic acids is 2. The number of ether oxygens (including phenoxy) is 1. The van der Waals surface area contributed by atoms with E-state index in [-0.39, 0.29) is 30.1 Å². The minimum atomic E-state index is -0.509. The summed E-state index contributed by atoms with van der Waals surface area (Å²) in [4.78, 5) is 43.4. The van der Waals surface area contributed by atoms with Crippen LogP contribution in [0.1, 0.15) is 86.4 Å². The minimum absolute atomic E-state index is 0.142. The summed E-state index contributed by atoms with van der Waals surface area (Å²) in [6.07, 6.45) is 2.19. The summed E-state index contributed by atoms with van der Waals surface area (Å²) in [5.74, 6) is 0.170. The number of amides is 2. The Labute approximate surface area is 230 Å². The second-order valence-electron chi connectivity index (χ2n) is 11.7. The smallest absolute Gasteiger partial charge is 0.410 e. The highest BCUT2D eigenvalue weighted by Gasteiger charge is 2.32. The molecule has 0 aliphatic carbocycles. The normalized spacial score (nSPS) is 15.4. The number of H-pyrrole nitrogens is 1. The number of pyridine rings is 1. The number of hydrogen-bond donors (Lipinski definition) is 2. The molecule has 0 saturated carbocycles. The van der Waals surface area contributed by atoms with Crippen molar-refractivity contribution in [1.82, 2.24) is 19.8 Å². The third-order valence-corrected chi connectivity index (χ3v) is 7.83. The minimum Gasteiger partial charge on any atom is -0.444 e. The van der Waals surface area contributed by atoms with Crippen molar-refractivity contribution in [2.45, 2.75) is 85.9 Å². The molecule has 1 aromatic carbocycles. The Morgan fingerprint density at radius 2 is 1.82 bits per heavy atom. The molecule has 39 heavy (non-hydrogen) atoms. The van der Waals surface area contributed by atoms with Crippen LogP contribution in [0.5, 0.6) is 0 Å². The molecule has 2 N–H and O–H groups in total. The molecule has 2 amide bonds. The van der Waals surface area contributed by atoms with Crippen molar-refractivity contribution < 1.29 is 14.3 Å². The van der Waals surface area contributed by atoms with Gasteiger partial charge in [-0.05, 0) is 84.4 Å². The molecule has 1 atom stereocenters. The Bertz CT molecular complexity index is 1420. The van der Waals surface area contributed by atoms with Gasteiger partial charge in [-0.2, -0.15) is 0 Å². The van der Waals surface area contributed by atoms with Crippen molar-refractivity contribution in [2.75, 3.05) is 13.1 Å². The van der Waals surface area contributed by atoms with Crippen molar-refractivity contribution in [2.24, 2.45) is 5.92 Å². The largest absolute Gasteiger partial charge is 0.444 e. The van der Waals surface area contributed by atoms with E-state index in [1.165, 1.54) is 0 Å². The summed E-state index contributed by atoms with van der Waals surface area (Å²) >= 11 is 0. The second-order valence-corrected chi connectivity index (χ2v) is 11.7. The summed E-state index contributed by atoms with van der Waals surface area (Å²) in [6.45, 7) is 15.2. The summed E-state index contributed by atoms with van der Waals surface area (Å²) in [5.41, 5.74) is 4.27. The lowest BCUT2D eigenvalue weighted by atomic mass is 9.90. The van der Waals surface area contributed by atoms with Crippen LogP contribution in [0.25, 0.3) is 10.9 Å². The maximum absolute atomic E-state index is 13.6. The molecule has 1 aliphatic rings. The number of fused-ring (bicyclic) bond motifs is 1. The standard InChI is InChI=1S/C31H42N4O4/c1-8-22-17-19(2)33-28(36)25(22)18-32-29(37)27-21(4)35(26-12-10-9-11-24(26)27)20(3)23-13-15-34(16-14-23)30(38)39-31(5,6)7/h9-12,17,20,23H,8,13-16,18H2,1-7H3,(H,32,37)(H,33,36). The molecule has 2 aromatic heterocycles. The predicted octanol–water partition coefficient (Wildman–Crippen LogP) is 5.65. The third-order valence-electron chi connectivity index (χ3n) is 7.83. The van der Waals surface area contributed by atoms with Gasteiger partial charge in [-0.1, -0.05) is 25.1 Å². The number of rotatable bonds is 6. The first kappa shape index (κ1) is 28.5. The number of para-hydroxylation sites is 1. The topological polar surface area (TPSA) is 96.4 Å². The number of nitrogens with one attached hydrogen (secondary N) is 2. The molecule has 1 unspecified atom stereocenters. The fourth-order valence-corrected chi connectivity index (χ4v) is 5.86. The van der Waals surface area contributed by atoms with E-state index in [0.717, 1.165) is 47.1 Å². The van der Waals surface area contributed by atoms with Crippen LogP contribution in [0.15, 0.2) is 35.1 Å². The number of aromatic amines is 1. The van der Waals surface area contributed by atoms with Crippen molar-refractivity contribution in [3.8, 4) is 0 Å². The highest BCUT2D eigenvalue weighted by molar-refractivity contribution is 6.08. The van der Waals surface area contributed by atoms with Crippen LogP contribution < -0.4 is 10.9 Å². The van der Waals surface area contributed by atoms with Crippen LogP contribution >= 0.6 is 0 Å².